The first kappa shape index (κ1) is 14.6. The number of carbonyl (C=O) groups excluding carboxylic acids is 2. The first-order valence-electron chi connectivity index (χ1n) is 6.90. The number of nitrogens with zero attached hydrogens (tertiary/aromatic N) is 3. The Hall–Kier alpha value is -2.28. The van der Waals surface area contributed by atoms with Crippen LogP contribution in [0.15, 0.2) is 35.4 Å². The van der Waals surface area contributed by atoms with E-state index in [4.69, 9.17) is 0 Å². The minimum atomic E-state index is -0.196. The van der Waals surface area contributed by atoms with Gasteiger partial charge in [-0.1, -0.05) is 30.0 Å². The molecule has 0 bridgehead atoms. The van der Waals surface area contributed by atoms with Gasteiger partial charge in [0.15, 0.2) is 0 Å². The zero-order valence-corrected chi connectivity index (χ0v) is 13.2. The quantitative estimate of drug-likeness (QED) is 0.928. The predicted molar refractivity (Wildman–Crippen MR) is 85.4 cm³/mol. The van der Waals surface area contributed by atoms with Crippen molar-refractivity contribution in [3.05, 3.63) is 36.0 Å². The number of amides is 2. The van der Waals surface area contributed by atoms with Gasteiger partial charge in [-0.05, 0) is 19.1 Å². The molecule has 1 aromatic heterocycles. The Kier molecular flexibility index (Phi) is 3.89. The molecular weight excluding hydrogens is 300 g/mol. The molecule has 7 heteroatoms. The number of hydrogen-bond donors (Lipinski definition) is 1. The predicted octanol–water partition coefficient (Wildman–Crippen LogP) is 1.37. The van der Waals surface area contributed by atoms with Crippen LogP contribution in [-0.4, -0.2) is 40.9 Å². The van der Waals surface area contributed by atoms with Crippen molar-refractivity contribution in [3.8, 4) is 5.69 Å². The van der Waals surface area contributed by atoms with Gasteiger partial charge < -0.3 is 5.32 Å². The van der Waals surface area contributed by atoms with E-state index < -0.39 is 0 Å². The standard InChI is InChI=1S/C15H16N4O2S/c1-10-14-15(19(17-10)11-6-4-3-5-7-11)22-9-13(21)18(14)8-12(20)16-2/h3-7H,8-9H2,1-2H3,(H,16,20). The Labute approximate surface area is 132 Å². The minimum absolute atomic E-state index is 0.0181. The number of rotatable bonds is 3. The summed E-state index contributed by atoms with van der Waals surface area (Å²) in [6.07, 6.45) is 0. The summed E-state index contributed by atoms with van der Waals surface area (Å²) in [6.45, 7) is 1.87. The second-order valence-corrected chi connectivity index (χ2v) is 5.89. The van der Waals surface area contributed by atoms with Crippen molar-refractivity contribution in [1.82, 2.24) is 15.1 Å². The molecule has 0 saturated heterocycles. The maximum absolute atomic E-state index is 12.2. The molecular formula is C15H16N4O2S. The van der Waals surface area contributed by atoms with E-state index in [1.54, 1.807) is 7.05 Å². The Balaban J connectivity index is 2.07. The van der Waals surface area contributed by atoms with Gasteiger partial charge in [-0.25, -0.2) is 4.68 Å². The molecule has 0 fully saturated rings. The summed E-state index contributed by atoms with van der Waals surface area (Å²) in [5.41, 5.74) is 2.41. The lowest BCUT2D eigenvalue weighted by molar-refractivity contribution is -0.122. The highest BCUT2D eigenvalue weighted by molar-refractivity contribution is 8.00. The van der Waals surface area contributed by atoms with Gasteiger partial charge in [0.1, 0.15) is 11.6 Å². The van der Waals surface area contributed by atoms with Gasteiger partial charge in [0.2, 0.25) is 11.8 Å². The monoisotopic (exact) mass is 316 g/mol. The SMILES string of the molecule is CNC(=O)CN1C(=O)CSc2c1c(C)nn2-c1ccccc1. The van der Waals surface area contributed by atoms with Crippen molar-refractivity contribution in [2.24, 2.45) is 0 Å². The number of carbonyl (C=O) groups is 2. The first-order valence-corrected chi connectivity index (χ1v) is 7.89. The van der Waals surface area contributed by atoms with Crippen LogP contribution in [0.4, 0.5) is 5.69 Å². The van der Waals surface area contributed by atoms with Crippen LogP contribution in [0.2, 0.25) is 0 Å². The third-order valence-corrected chi connectivity index (χ3v) is 4.50. The topological polar surface area (TPSA) is 67.2 Å². The van der Waals surface area contributed by atoms with Gasteiger partial charge in [-0.3, -0.25) is 14.5 Å². The van der Waals surface area contributed by atoms with Gasteiger partial charge in [-0.15, -0.1) is 0 Å². The van der Waals surface area contributed by atoms with Crippen molar-refractivity contribution in [1.29, 1.82) is 0 Å². The van der Waals surface area contributed by atoms with E-state index in [2.05, 4.69) is 10.4 Å². The van der Waals surface area contributed by atoms with Crippen LogP contribution in [0.25, 0.3) is 5.69 Å². The molecule has 0 saturated carbocycles. The Morgan fingerprint density at radius 3 is 2.77 bits per heavy atom. The van der Waals surface area contributed by atoms with Crippen molar-refractivity contribution >= 4 is 29.3 Å². The normalized spacial score (nSPS) is 13.9. The van der Waals surface area contributed by atoms with Crippen LogP contribution in [0.5, 0.6) is 0 Å². The van der Waals surface area contributed by atoms with E-state index in [0.717, 1.165) is 22.1 Å². The lowest BCUT2D eigenvalue weighted by Gasteiger charge is -2.26. The number of likely N-dealkylation sites (N-methyl/N-ethyl adjacent to an activating group) is 1. The number of nitrogens with one attached hydrogen (secondary N) is 1. The molecule has 6 nitrogen and oxygen atoms in total. The number of aromatic nitrogens is 2. The Morgan fingerprint density at radius 1 is 1.36 bits per heavy atom. The number of fused-ring (bicyclic) bond motifs is 1. The summed E-state index contributed by atoms with van der Waals surface area (Å²) in [5.74, 6) is 0.0389. The third kappa shape index (κ3) is 2.48. The van der Waals surface area contributed by atoms with E-state index in [1.165, 1.54) is 16.7 Å². The van der Waals surface area contributed by atoms with E-state index >= 15 is 0 Å². The molecule has 1 N–H and O–H groups in total. The summed E-state index contributed by atoms with van der Waals surface area (Å²) in [4.78, 5) is 25.4. The molecule has 2 heterocycles. The fourth-order valence-electron chi connectivity index (χ4n) is 2.40. The minimum Gasteiger partial charge on any atom is -0.358 e. The van der Waals surface area contributed by atoms with E-state index in [1.807, 2.05) is 41.9 Å². The molecule has 114 valence electrons. The van der Waals surface area contributed by atoms with Crippen LogP contribution in [0.3, 0.4) is 0 Å². The lowest BCUT2D eigenvalue weighted by Crippen LogP contribution is -2.42. The number of para-hydroxylation sites is 1. The number of anilines is 1. The summed E-state index contributed by atoms with van der Waals surface area (Å²) in [5, 5.41) is 8.00. The zero-order valence-electron chi connectivity index (χ0n) is 12.4. The molecule has 0 radical (unpaired) electrons. The van der Waals surface area contributed by atoms with Crippen LogP contribution < -0.4 is 10.2 Å². The average molecular weight is 316 g/mol. The summed E-state index contributed by atoms with van der Waals surface area (Å²) >= 11 is 1.46. The second-order valence-electron chi connectivity index (χ2n) is 4.93. The molecule has 1 aliphatic rings. The van der Waals surface area contributed by atoms with Crippen LogP contribution >= 0.6 is 11.8 Å². The van der Waals surface area contributed by atoms with Crippen LogP contribution in [-0.2, 0) is 9.59 Å². The lowest BCUT2D eigenvalue weighted by atomic mass is 10.3. The van der Waals surface area contributed by atoms with E-state index in [9.17, 15) is 9.59 Å². The molecule has 0 spiro atoms. The zero-order chi connectivity index (χ0) is 15.7. The van der Waals surface area contributed by atoms with Gasteiger partial charge >= 0.3 is 0 Å². The third-order valence-electron chi connectivity index (χ3n) is 3.47. The molecule has 2 amide bonds. The summed E-state index contributed by atoms with van der Waals surface area (Å²) < 4.78 is 1.83. The van der Waals surface area contributed by atoms with Gasteiger partial charge in [0.05, 0.1) is 22.8 Å². The van der Waals surface area contributed by atoms with Crippen LogP contribution in [0, 0.1) is 6.92 Å². The van der Waals surface area contributed by atoms with Gasteiger partial charge in [0, 0.05) is 7.05 Å². The molecule has 0 atom stereocenters. The smallest absolute Gasteiger partial charge is 0.239 e. The fourth-order valence-corrected chi connectivity index (χ4v) is 3.48. The Bertz CT molecular complexity index is 727. The number of thioether (sulfide) groups is 1. The number of hydrogen-bond acceptors (Lipinski definition) is 4. The molecule has 0 unspecified atom stereocenters. The van der Waals surface area contributed by atoms with E-state index in [-0.39, 0.29) is 18.4 Å². The highest BCUT2D eigenvalue weighted by Crippen LogP contribution is 2.39. The van der Waals surface area contributed by atoms with Gasteiger partial charge in [0.25, 0.3) is 0 Å². The number of benzene rings is 1. The van der Waals surface area contributed by atoms with Crippen molar-refractivity contribution < 1.29 is 9.59 Å². The second kappa shape index (κ2) is 5.84. The fraction of sp³-hybridized carbons (Fsp3) is 0.267. The highest BCUT2D eigenvalue weighted by Gasteiger charge is 2.32. The molecule has 3 rings (SSSR count). The maximum Gasteiger partial charge on any atom is 0.239 e. The molecule has 0 aliphatic carbocycles. The highest BCUT2D eigenvalue weighted by atomic mass is 32.2. The average Bonchev–Trinajstić information content (AvgIpc) is 2.88. The van der Waals surface area contributed by atoms with Crippen molar-refractivity contribution in [2.45, 2.75) is 11.9 Å². The van der Waals surface area contributed by atoms with Gasteiger partial charge in [-0.2, -0.15) is 5.10 Å². The van der Waals surface area contributed by atoms with Crippen molar-refractivity contribution in [2.75, 3.05) is 24.2 Å². The largest absolute Gasteiger partial charge is 0.358 e. The maximum atomic E-state index is 12.2. The Morgan fingerprint density at radius 2 is 2.09 bits per heavy atom. The van der Waals surface area contributed by atoms with E-state index in [0.29, 0.717) is 5.75 Å². The van der Waals surface area contributed by atoms with Crippen LogP contribution in [0.1, 0.15) is 5.69 Å². The van der Waals surface area contributed by atoms with Crippen molar-refractivity contribution in [3.63, 3.8) is 0 Å². The molecule has 1 aromatic carbocycles. The summed E-state index contributed by atoms with van der Waals surface area (Å²) in [6, 6.07) is 9.76. The number of aryl methyl sites for hydroxylation is 1. The molecule has 2 aromatic rings. The molecule has 22 heavy (non-hydrogen) atoms. The first-order chi connectivity index (χ1) is 10.6. The molecule has 1 aliphatic heterocycles. The summed E-state index contributed by atoms with van der Waals surface area (Å²) in [7, 11) is 1.56.